The van der Waals surface area contributed by atoms with Crippen LogP contribution in [0, 0.1) is 0 Å². The van der Waals surface area contributed by atoms with Crippen LogP contribution in [0.15, 0.2) is 12.2 Å². The Morgan fingerprint density at radius 2 is 2.00 bits per heavy atom. The van der Waals surface area contributed by atoms with Crippen LogP contribution in [0.4, 0.5) is 0 Å². The van der Waals surface area contributed by atoms with Gasteiger partial charge in [-0.05, 0) is 0 Å². The number of hydrogen-bond acceptors (Lipinski definition) is 5. The van der Waals surface area contributed by atoms with Crippen LogP contribution in [-0.4, -0.2) is 33.7 Å². The van der Waals surface area contributed by atoms with Crippen molar-refractivity contribution >= 4 is 21.9 Å². The molecule has 80 valence electrons. The Morgan fingerprint density at radius 1 is 1.43 bits per heavy atom. The van der Waals surface area contributed by atoms with Crippen molar-refractivity contribution in [1.82, 2.24) is 4.72 Å². The van der Waals surface area contributed by atoms with E-state index in [1.807, 2.05) is 0 Å². The summed E-state index contributed by atoms with van der Waals surface area (Å²) in [5.74, 6) is -1.30. The molecule has 0 fully saturated rings. The minimum Gasteiger partial charge on any atom is -0.466 e. The van der Waals surface area contributed by atoms with E-state index in [9.17, 15) is 18.0 Å². The monoisotopic (exact) mass is 221 g/mol. The summed E-state index contributed by atoms with van der Waals surface area (Å²) in [5, 5.41) is 0. The average molecular weight is 221 g/mol. The van der Waals surface area contributed by atoms with Crippen molar-refractivity contribution < 1.29 is 22.7 Å². The largest absolute Gasteiger partial charge is 0.466 e. The van der Waals surface area contributed by atoms with E-state index >= 15 is 0 Å². The predicted octanol–water partition coefficient (Wildman–Crippen LogP) is -0.818. The lowest BCUT2D eigenvalue weighted by molar-refractivity contribution is -0.134. The first-order chi connectivity index (χ1) is 6.35. The fourth-order valence-electron chi connectivity index (χ4n) is 0.579. The van der Waals surface area contributed by atoms with Crippen molar-refractivity contribution in [2.75, 3.05) is 13.4 Å². The summed E-state index contributed by atoms with van der Waals surface area (Å²) in [7, 11) is -2.33. The number of hydrogen-bond donors (Lipinski definition) is 1. The van der Waals surface area contributed by atoms with Gasteiger partial charge in [0.05, 0.1) is 13.4 Å². The number of sulfonamides is 1. The molecular formula is C7H11NO5S. The highest BCUT2D eigenvalue weighted by Gasteiger charge is 2.05. The van der Waals surface area contributed by atoms with Gasteiger partial charge in [-0.15, -0.1) is 0 Å². The van der Waals surface area contributed by atoms with Gasteiger partial charge in [0, 0.05) is 12.5 Å². The van der Waals surface area contributed by atoms with Crippen LogP contribution in [0.25, 0.3) is 0 Å². The molecule has 0 radical (unpaired) electrons. The van der Waals surface area contributed by atoms with E-state index < -0.39 is 21.9 Å². The van der Waals surface area contributed by atoms with Gasteiger partial charge >= 0.3 is 5.97 Å². The van der Waals surface area contributed by atoms with E-state index in [-0.39, 0.29) is 6.42 Å². The van der Waals surface area contributed by atoms with E-state index in [1.165, 1.54) is 13.2 Å². The molecule has 0 atom stereocenters. The van der Waals surface area contributed by atoms with Gasteiger partial charge in [-0.25, -0.2) is 13.2 Å². The number of amides is 1. The van der Waals surface area contributed by atoms with Crippen LogP contribution in [0.2, 0.25) is 0 Å². The molecule has 0 aliphatic carbocycles. The molecule has 0 rings (SSSR count). The van der Waals surface area contributed by atoms with Gasteiger partial charge in [-0.2, -0.15) is 0 Å². The minimum atomic E-state index is -3.53. The summed E-state index contributed by atoms with van der Waals surface area (Å²) in [4.78, 5) is 21.4. The quantitative estimate of drug-likeness (QED) is 0.495. The van der Waals surface area contributed by atoms with Crippen molar-refractivity contribution in [2.24, 2.45) is 0 Å². The third-order valence-corrected chi connectivity index (χ3v) is 1.66. The number of ether oxygens (including phenoxy) is 1. The van der Waals surface area contributed by atoms with E-state index in [1.54, 1.807) is 4.72 Å². The Balaban J connectivity index is 3.98. The first-order valence-electron chi connectivity index (χ1n) is 3.60. The molecule has 0 saturated heterocycles. The molecule has 0 bridgehead atoms. The lowest BCUT2D eigenvalue weighted by Gasteiger charge is -1.98. The molecule has 6 nitrogen and oxygen atoms in total. The lowest BCUT2D eigenvalue weighted by atomic mass is 10.4. The van der Waals surface area contributed by atoms with Gasteiger partial charge < -0.3 is 4.74 Å². The molecule has 0 spiro atoms. The van der Waals surface area contributed by atoms with Crippen molar-refractivity contribution in [3.63, 3.8) is 0 Å². The molecule has 0 aliphatic rings. The molecular weight excluding hydrogens is 210 g/mol. The summed E-state index contributed by atoms with van der Waals surface area (Å²) < 4.78 is 27.1. The SMILES string of the molecule is COC(=O)/C=C/CC(=O)NS(C)(=O)=O. The molecule has 0 aliphatic heterocycles. The Labute approximate surface area is 82.0 Å². The zero-order valence-electron chi connectivity index (χ0n) is 7.81. The molecule has 0 aromatic carbocycles. The fourth-order valence-corrected chi connectivity index (χ4v) is 1.08. The van der Waals surface area contributed by atoms with Crippen LogP contribution >= 0.6 is 0 Å². The van der Waals surface area contributed by atoms with E-state index in [0.29, 0.717) is 0 Å². The highest BCUT2D eigenvalue weighted by atomic mass is 32.2. The normalized spacial score (nSPS) is 11.3. The van der Waals surface area contributed by atoms with Gasteiger partial charge in [0.25, 0.3) is 0 Å². The molecule has 0 heterocycles. The zero-order chi connectivity index (χ0) is 11.2. The number of carbonyl (C=O) groups excluding carboxylic acids is 2. The minimum absolute atomic E-state index is 0.192. The molecule has 7 heteroatoms. The molecule has 0 aromatic heterocycles. The molecule has 1 amide bonds. The maximum Gasteiger partial charge on any atom is 0.330 e. The molecule has 0 unspecified atom stereocenters. The number of esters is 1. The Morgan fingerprint density at radius 3 is 2.43 bits per heavy atom. The Hall–Kier alpha value is -1.37. The maximum atomic E-state index is 10.8. The van der Waals surface area contributed by atoms with Crippen molar-refractivity contribution in [3.05, 3.63) is 12.2 Å². The third kappa shape index (κ3) is 7.29. The second-order valence-electron chi connectivity index (χ2n) is 2.43. The van der Waals surface area contributed by atoms with Crippen molar-refractivity contribution in [1.29, 1.82) is 0 Å². The Bertz CT molecular complexity index is 343. The van der Waals surface area contributed by atoms with Gasteiger partial charge in [0.2, 0.25) is 15.9 Å². The van der Waals surface area contributed by atoms with Gasteiger partial charge in [0.1, 0.15) is 0 Å². The van der Waals surface area contributed by atoms with E-state index in [2.05, 4.69) is 4.74 Å². The summed E-state index contributed by atoms with van der Waals surface area (Å²) in [6.07, 6.45) is 2.94. The molecule has 0 saturated carbocycles. The topological polar surface area (TPSA) is 89.5 Å². The van der Waals surface area contributed by atoms with E-state index in [4.69, 9.17) is 0 Å². The summed E-state index contributed by atoms with van der Waals surface area (Å²) in [6.45, 7) is 0. The first-order valence-corrected chi connectivity index (χ1v) is 5.49. The van der Waals surface area contributed by atoms with Crippen LogP contribution in [0.1, 0.15) is 6.42 Å². The fraction of sp³-hybridized carbons (Fsp3) is 0.429. The molecule has 14 heavy (non-hydrogen) atoms. The maximum absolute atomic E-state index is 10.8. The van der Waals surface area contributed by atoms with Crippen molar-refractivity contribution in [3.8, 4) is 0 Å². The van der Waals surface area contributed by atoms with Crippen LogP contribution in [-0.2, 0) is 24.3 Å². The smallest absolute Gasteiger partial charge is 0.330 e. The second kappa shape index (κ2) is 5.38. The lowest BCUT2D eigenvalue weighted by Crippen LogP contribution is -2.28. The number of carbonyl (C=O) groups is 2. The van der Waals surface area contributed by atoms with Gasteiger partial charge in [0.15, 0.2) is 0 Å². The highest BCUT2D eigenvalue weighted by molar-refractivity contribution is 7.89. The summed E-state index contributed by atoms with van der Waals surface area (Å²) >= 11 is 0. The highest BCUT2D eigenvalue weighted by Crippen LogP contribution is 1.87. The van der Waals surface area contributed by atoms with Crippen LogP contribution in [0.5, 0.6) is 0 Å². The van der Waals surface area contributed by atoms with Crippen LogP contribution < -0.4 is 4.72 Å². The van der Waals surface area contributed by atoms with Gasteiger partial charge in [-0.1, -0.05) is 6.08 Å². The predicted molar refractivity (Wildman–Crippen MR) is 48.8 cm³/mol. The summed E-state index contributed by atoms with van der Waals surface area (Å²) in [6, 6.07) is 0. The molecule has 1 N–H and O–H groups in total. The zero-order valence-corrected chi connectivity index (χ0v) is 8.63. The Kier molecular flexibility index (Phi) is 4.85. The number of nitrogens with one attached hydrogen (secondary N) is 1. The van der Waals surface area contributed by atoms with E-state index in [0.717, 1.165) is 12.3 Å². The molecule has 0 aromatic rings. The standard InChI is InChI=1S/C7H11NO5S/c1-13-7(10)5-3-4-6(9)8-14(2,11)12/h3,5H,4H2,1-2H3,(H,8,9)/b5-3+. The number of methoxy groups -OCH3 is 1. The summed E-state index contributed by atoms with van der Waals surface area (Å²) in [5.41, 5.74) is 0. The van der Waals surface area contributed by atoms with Crippen LogP contribution in [0.3, 0.4) is 0 Å². The average Bonchev–Trinajstić information content (AvgIpc) is 2.00. The second-order valence-corrected chi connectivity index (χ2v) is 4.18. The van der Waals surface area contributed by atoms with Crippen molar-refractivity contribution in [2.45, 2.75) is 6.42 Å². The first kappa shape index (κ1) is 12.6. The van der Waals surface area contributed by atoms with Gasteiger partial charge in [-0.3, -0.25) is 9.52 Å². The number of rotatable bonds is 4. The third-order valence-electron chi connectivity index (χ3n) is 1.06.